The van der Waals surface area contributed by atoms with Gasteiger partial charge in [0.05, 0.1) is 0 Å². The van der Waals surface area contributed by atoms with Crippen molar-refractivity contribution < 1.29 is 14.6 Å². The van der Waals surface area contributed by atoms with Crippen molar-refractivity contribution in [2.75, 3.05) is 0 Å². The van der Waals surface area contributed by atoms with E-state index in [1.54, 1.807) is 18.2 Å². The van der Waals surface area contributed by atoms with E-state index >= 15 is 0 Å². The molecule has 1 aliphatic carbocycles. The van der Waals surface area contributed by atoms with E-state index in [1.165, 1.54) is 0 Å². The zero-order valence-corrected chi connectivity index (χ0v) is 6.81. The Hall–Kier alpha value is -1.19. The summed E-state index contributed by atoms with van der Waals surface area (Å²) in [5, 5.41) is 9.71. The van der Waals surface area contributed by atoms with Gasteiger partial charge in [0.15, 0.2) is 5.78 Å². The van der Waals surface area contributed by atoms with Gasteiger partial charge in [-0.05, 0) is 5.56 Å². The molecule has 13 heavy (non-hydrogen) atoms. The number of carbonyl (C=O) groups excluding carboxylic acids is 1. The molecule has 1 aromatic carbocycles. The Morgan fingerprint density at radius 2 is 2.08 bits per heavy atom. The summed E-state index contributed by atoms with van der Waals surface area (Å²) in [5.74, 6) is 0.00546. The first-order valence-corrected chi connectivity index (χ1v) is 4.26. The number of hydrogen-bond acceptors (Lipinski definition) is 3. The van der Waals surface area contributed by atoms with Crippen LogP contribution in [0.2, 0.25) is 0 Å². The van der Waals surface area contributed by atoms with Crippen LogP contribution in [0, 0.1) is 0 Å². The van der Waals surface area contributed by atoms with Crippen LogP contribution in [-0.2, 0) is 4.74 Å². The smallest absolute Gasteiger partial charge is 0.194 e. The van der Waals surface area contributed by atoms with Gasteiger partial charge in [-0.3, -0.25) is 4.79 Å². The molecule has 0 unspecified atom stereocenters. The fourth-order valence-corrected chi connectivity index (χ4v) is 1.88. The van der Waals surface area contributed by atoms with Crippen LogP contribution in [0.3, 0.4) is 0 Å². The lowest BCUT2D eigenvalue weighted by molar-refractivity contribution is 0.0941. The molecule has 0 aromatic heterocycles. The van der Waals surface area contributed by atoms with Crippen molar-refractivity contribution in [3.8, 4) is 0 Å². The second kappa shape index (κ2) is 2.19. The van der Waals surface area contributed by atoms with Crippen LogP contribution >= 0.6 is 0 Å². The molecule has 0 saturated carbocycles. The first-order chi connectivity index (χ1) is 6.29. The maximum absolute atomic E-state index is 11.6. The number of carbonyl (C=O) groups is 1. The fourth-order valence-electron chi connectivity index (χ4n) is 1.88. The van der Waals surface area contributed by atoms with Crippen molar-refractivity contribution in [2.24, 2.45) is 0 Å². The molecule has 0 bridgehead atoms. The third-order valence-electron chi connectivity index (χ3n) is 2.64. The van der Waals surface area contributed by atoms with E-state index in [0.29, 0.717) is 11.1 Å². The Balaban J connectivity index is 2.20. The van der Waals surface area contributed by atoms with Gasteiger partial charge in [0, 0.05) is 5.56 Å². The molecular formula is C10H8O3. The summed E-state index contributed by atoms with van der Waals surface area (Å²) in [4.78, 5) is 11.6. The third-order valence-corrected chi connectivity index (χ3v) is 2.64. The van der Waals surface area contributed by atoms with Crippen molar-refractivity contribution in [1.82, 2.24) is 0 Å². The predicted molar refractivity (Wildman–Crippen MR) is 44.4 cm³/mol. The van der Waals surface area contributed by atoms with E-state index in [1.807, 2.05) is 6.07 Å². The Bertz CT molecular complexity index is 386. The molecule has 1 saturated heterocycles. The average Bonchev–Trinajstić information content (AvgIpc) is 2.94. The van der Waals surface area contributed by atoms with Gasteiger partial charge in [0.25, 0.3) is 0 Å². The van der Waals surface area contributed by atoms with Crippen LogP contribution in [0.1, 0.15) is 22.0 Å². The minimum absolute atomic E-state index is 0.00546. The van der Waals surface area contributed by atoms with Crippen molar-refractivity contribution in [3.63, 3.8) is 0 Å². The summed E-state index contributed by atoms with van der Waals surface area (Å²) in [5.41, 5.74) is 1.31. The molecule has 0 spiro atoms. The minimum Gasteiger partial charge on any atom is -0.386 e. The second-order valence-electron chi connectivity index (χ2n) is 3.42. The lowest BCUT2D eigenvalue weighted by atomic mass is 9.89. The van der Waals surface area contributed by atoms with Gasteiger partial charge in [-0.15, -0.1) is 0 Å². The second-order valence-corrected chi connectivity index (χ2v) is 3.42. The zero-order valence-electron chi connectivity index (χ0n) is 6.81. The number of aliphatic hydroxyl groups is 1. The van der Waals surface area contributed by atoms with Crippen LogP contribution in [0.15, 0.2) is 24.3 Å². The first kappa shape index (κ1) is 7.24. The Kier molecular flexibility index (Phi) is 1.22. The van der Waals surface area contributed by atoms with E-state index in [4.69, 9.17) is 4.74 Å². The zero-order chi connectivity index (χ0) is 9.00. The number of ether oxygens (including phenoxy) is 1. The van der Waals surface area contributed by atoms with E-state index in [-0.39, 0.29) is 18.0 Å². The highest BCUT2D eigenvalue weighted by molar-refractivity contribution is 6.04. The number of rotatable bonds is 0. The monoisotopic (exact) mass is 176 g/mol. The first-order valence-electron chi connectivity index (χ1n) is 4.26. The predicted octanol–water partition coefficient (Wildman–Crippen LogP) is 0.684. The highest BCUT2D eigenvalue weighted by Crippen LogP contribution is 2.42. The van der Waals surface area contributed by atoms with Gasteiger partial charge in [-0.25, -0.2) is 0 Å². The molecule has 1 aliphatic heterocycles. The number of Topliss-reactive ketones (excluding diaryl/α,β-unsaturated/α-hetero) is 1. The summed E-state index contributed by atoms with van der Waals surface area (Å²) in [6, 6.07) is 7.12. The molecule has 2 aliphatic rings. The number of hydrogen-bond donors (Lipinski definition) is 1. The molecule has 3 nitrogen and oxygen atoms in total. The van der Waals surface area contributed by atoms with Gasteiger partial charge < -0.3 is 9.84 Å². The molecule has 3 heteroatoms. The van der Waals surface area contributed by atoms with Crippen LogP contribution in [-0.4, -0.2) is 23.1 Å². The van der Waals surface area contributed by atoms with Crippen LogP contribution in [0.25, 0.3) is 0 Å². The number of aliphatic hydroxyl groups excluding tert-OH is 1. The summed E-state index contributed by atoms with van der Waals surface area (Å²) in [6.45, 7) is 0. The molecule has 1 fully saturated rings. The van der Waals surface area contributed by atoms with Gasteiger partial charge in [-0.1, -0.05) is 24.3 Å². The van der Waals surface area contributed by atoms with Crippen molar-refractivity contribution >= 4 is 5.78 Å². The number of benzene rings is 1. The van der Waals surface area contributed by atoms with Gasteiger partial charge >= 0.3 is 0 Å². The standard InChI is InChI=1S/C10H8O3/c11-7-5-3-1-2-4-6(5)8(12)10-9(7)13-10/h1-4,7,9-11H/t7-,9+,10-/m0/s1. The Morgan fingerprint density at radius 1 is 1.31 bits per heavy atom. The largest absolute Gasteiger partial charge is 0.386 e. The number of ketones is 1. The Labute approximate surface area is 74.9 Å². The van der Waals surface area contributed by atoms with E-state index in [9.17, 15) is 9.90 Å². The molecule has 1 aromatic rings. The lowest BCUT2D eigenvalue weighted by Gasteiger charge is -2.15. The normalized spacial score (nSPS) is 35.2. The molecule has 0 amide bonds. The molecular weight excluding hydrogens is 168 g/mol. The average molecular weight is 176 g/mol. The molecule has 3 rings (SSSR count). The fraction of sp³-hybridized carbons (Fsp3) is 0.300. The number of fused-ring (bicyclic) bond motifs is 2. The van der Waals surface area contributed by atoms with Crippen LogP contribution < -0.4 is 0 Å². The van der Waals surface area contributed by atoms with Crippen molar-refractivity contribution in [2.45, 2.75) is 18.3 Å². The van der Waals surface area contributed by atoms with Crippen molar-refractivity contribution in [3.05, 3.63) is 35.4 Å². The van der Waals surface area contributed by atoms with Gasteiger partial charge in [-0.2, -0.15) is 0 Å². The Morgan fingerprint density at radius 3 is 2.92 bits per heavy atom. The molecule has 0 radical (unpaired) electrons. The highest BCUT2D eigenvalue weighted by Gasteiger charge is 2.54. The minimum atomic E-state index is -0.626. The van der Waals surface area contributed by atoms with E-state index in [2.05, 4.69) is 0 Å². The summed E-state index contributed by atoms with van der Waals surface area (Å²) in [6.07, 6.45) is -1.30. The molecule has 1 heterocycles. The molecule has 66 valence electrons. The summed E-state index contributed by atoms with van der Waals surface area (Å²) < 4.78 is 5.09. The third kappa shape index (κ3) is 0.829. The maximum Gasteiger partial charge on any atom is 0.194 e. The van der Waals surface area contributed by atoms with E-state index in [0.717, 1.165) is 0 Å². The maximum atomic E-state index is 11.6. The SMILES string of the molecule is O=C1c2ccccc2[C@H](O)[C@H]2O[C@@H]12. The summed E-state index contributed by atoms with van der Waals surface area (Å²) >= 11 is 0. The topological polar surface area (TPSA) is 49.8 Å². The van der Waals surface area contributed by atoms with Crippen molar-refractivity contribution in [1.29, 1.82) is 0 Å². The lowest BCUT2D eigenvalue weighted by Crippen LogP contribution is -2.23. The molecule has 1 N–H and O–H groups in total. The van der Waals surface area contributed by atoms with Gasteiger partial charge in [0.2, 0.25) is 0 Å². The summed E-state index contributed by atoms with van der Waals surface area (Å²) in [7, 11) is 0. The van der Waals surface area contributed by atoms with E-state index < -0.39 is 6.10 Å². The van der Waals surface area contributed by atoms with Crippen LogP contribution in [0.5, 0.6) is 0 Å². The number of epoxide rings is 1. The van der Waals surface area contributed by atoms with Crippen LogP contribution in [0.4, 0.5) is 0 Å². The molecule has 3 atom stereocenters. The quantitative estimate of drug-likeness (QED) is 0.591. The van der Waals surface area contributed by atoms with Gasteiger partial charge in [0.1, 0.15) is 18.3 Å². The highest BCUT2D eigenvalue weighted by atomic mass is 16.6.